The minimum absolute atomic E-state index is 0. The fourth-order valence-corrected chi connectivity index (χ4v) is 8.71. The molecule has 0 saturated carbocycles. The van der Waals surface area contributed by atoms with Gasteiger partial charge in [-0.1, -0.05) is 113 Å². The molecule has 276 valence electrons. The molecular formula is C49H60Cl2Zr-2. The summed E-state index contributed by atoms with van der Waals surface area (Å²) in [5.41, 5.74) is 10.8. The van der Waals surface area contributed by atoms with E-state index in [1.165, 1.54) is 78.9 Å². The van der Waals surface area contributed by atoms with E-state index in [0.717, 1.165) is 18.3 Å². The van der Waals surface area contributed by atoms with Gasteiger partial charge in [0.1, 0.15) is 0 Å². The van der Waals surface area contributed by atoms with Crippen LogP contribution in [0.15, 0.2) is 97.1 Å². The van der Waals surface area contributed by atoms with E-state index >= 15 is 0 Å². The monoisotopic (exact) mass is 808 g/mol. The summed E-state index contributed by atoms with van der Waals surface area (Å²) in [7, 11) is 0. The Kier molecular flexibility index (Phi) is 17.4. The third kappa shape index (κ3) is 12.6. The molecular weight excluding hydrogens is 751 g/mol. The Hall–Kier alpha value is -2.44. The number of aryl methyl sites for hydroxylation is 2. The number of allylic oxidation sites excluding steroid dienone is 4. The van der Waals surface area contributed by atoms with E-state index in [9.17, 15) is 0 Å². The second kappa shape index (κ2) is 19.8. The van der Waals surface area contributed by atoms with Gasteiger partial charge in [0.2, 0.25) is 0 Å². The average Bonchev–Trinajstić information content (AvgIpc) is 3.71. The van der Waals surface area contributed by atoms with Crippen LogP contribution in [0, 0.1) is 31.8 Å². The fourth-order valence-electron chi connectivity index (χ4n) is 6.70. The molecule has 0 heterocycles. The normalized spacial score (nSPS) is 12.3. The predicted molar refractivity (Wildman–Crippen MR) is 220 cm³/mol. The number of hydrogen-bond acceptors (Lipinski definition) is 0. The maximum Gasteiger partial charge on any atom is -0.0139 e. The summed E-state index contributed by atoms with van der Waals surface area (Å²) >= 11 is 1.65. The topological polar surface area (TPSA) is 0 Å². The summed E-state index contributed by atoms with van der Waals surface area (Å²) in [6.45, 7) is 27.4. The van der Waals surface area contributed by atoms with Crippen molar-refractivity contribution in [2.45, 2.75) is 113 Å². The van der Waals surface area contributed by atoms with Crippen molar-refractivity contribution < 1.29 is 49.0 Å². The van der Waals surface area contributed by atoms with Crippen LogP contribution in [0.2, 0.25) is 0 Å². The Bertz CT molecular complexity index is 1810. The standard InChI is InChI=1S/C35H37.C9H18.C5H5.2ClH.Zr/c1-22-9-13-24(14-10-22)30-18-26-17-27-19-31(25-15-11-23(2)12-16-25)33(35(6,7)8)21-29(27)28(26)20-32(30)34(3,4)5;1-8(2)6-5-7-9(3)4;1-2-4-5-3-1;;;/h9-21H,1-8H3;8-9H,6-7H2,1-4H3;1-3H,4H2;2*1H;/q-1;;-1;;;+2/p-2. The van der Waals surface area contributed by atoms with E-state index in [2.05, 4.69) is 174 Å². The molecule has 52 heavy (non-hydrogen) atoms. The van der Waals surface area contributed by atoms with Crippen molar-refractivity contribution in [2.75, 3.05) is 0 Å². The second-order valence-electron chi connectivity index (χ2n) is 17.1. The van der Waals surface area contributed by atoms with Crippen LogP contribution in [0.5, 0.6) is 0 Å². The molecule has 1 aliphatic carbocycles. The van der Waals surface area contributed by atoms with E-state index < -0.39 is 0 Å². The minimum Gasteiger partial charge on any atom is -1.00 e. The van der Waals surface area contributed by atoms with Crippen LogP contribution in [-0.4, -0.2) is 3.21 Å². The Labute approximate surface area is 344 Å². The zero-order chi connectivity index (χ0) is 36.8. The Balaban J connectivity index is 0.000000462. The van der Waals surface area contributed by atoms with E-state index in [1.807, 2.05) is 12.2 Å². The van der Waals surface area contributed by atoms with Crippen LogP contribution in [0.4, 0.5) is 0 Å². The molecule has 6 rings (SSSR count). The van der Waals surface area contributed by atoms with Crippen LogP contribution in [-0.2, 0) is 35.1 Å². The summed E-state index contributed by atoms with van der Waals surface area (Å²) in [6, 6.07) is 30.1. The molecule has 0 atom stereocenters. The SMILES string of the molecule is CC(C)C[C](=[Zr+2])CC(C)C.Cc1ccc(-c2cc3[cH-]c4cc(-c5ccc(C)cc5)c(C(C)(C)C)cc4c3cc2C(C)(C)C)cc1.[C-]1=CC=CC1.[Cl-].[Cl-]. The number of fused-ring (bicyclic) bond motifs is 3. The third-order valence-electron chi connectivity index (χ3n) is 9.22. The molecule has 0 unspecified atom stereocenters. The van der Waals surface area contributed by atoms with Gasteiger partial charge in [0, 0.05) is 0 Å². The summed E-state index contributed by atoms with van der Waals surface area (Å²) in [5, 5.41) is 5.37. The molecule has 0 aliphatic heterocycles. The molecule has 0 saturated heterocycles. The van der Waals surface area contributed by atoms with Crippen molar-refractivity contribution in [1.29, 1.82) is 0 Å². The molecule has 0 spiro atoms. The van der Waals surface area contributed by atoms with Crippen LogP contribution in [0.3, 0.4) is 0 Å². The number of benzene rings is 4. The molecule has 0 nitrogen and oxygen atoms in total. The van der Waals surface area contributed by atoms with Gasteiger partial charge < -0.3 is 24.8 Å². The first-order valence-electron chi connectivity index (χ1n) is 18.6. The van der Waals surface area contributed by atoms with Crippen LogP contribution in [0.25, 0.3) is 43.8 Å². The van der Waals surface area contributed by atoms with Gasteiger partial charge in [0.15, 0.2) is 0 Å². The first-order valence-corrected chi connectivity index (χ1v) is 19.8. The Morgan fingerprint density at radius 3 is 1.31 bits per heavy atom. The molecule has 0 radical (unpaired) electrons. The zero-order valence-corrected chi connectivity index (χ0v) is 37.7. The van der Waals surface area contributed by atoms with E-state index in [0.29, 0.717) is 0 Å². The molecule has 0 N–H and O–H groups in total. The van der Waals surface area contributed by atoms with Gasteiger partial charge in [-0.25, -0.2) is 12.2 Å². The molecule has 0 bridgehead atoms. The van der Waals surface area contributed by atoms with Gasteiger partial charge in [-0.3, -0.25) is 6.08 Å². The molecule has 5 aromatic rings. The van der Waals surface area contributed by atoms with E-state index in [-0.39, 0.29) is 35.6 Å². The molecule has 3 heteroatoms. The Morgan fingerprint density at radius 1 is 0.654 bits per heavy atom. The number of rotatable bonds is 6. The molecule has 0 aromatic heterocycles. The van der Waals surface area contributed by atoms with Gasteiger partial charge in [-0.15, -0.1) is 46.2 Å². The minimum atomic E-state index is 0. The smallest absolute Gasteiger partial charge is 0.0139 e. The maximum absolute atomic E-state index is 2.99. The van der Waals surface area contributed by atoms with E-state index in [1.54, 1.807) is 27.4 Å². The van der Waals surface area contributed by atoms with Crippen molar-refractivity contribution in [1.82, 2.24) is 0 Å². The summed E-state index contributed by atoms with van der Waals surface area (Å²) in [5.74, 6) is 1.71. The largest absolute Gasteiger partial charge is 1.00 e. The summed E-state index contributed by atoms with van der Waals surface area (Å²) < 4.78 is 1.75. The van der Waals surface area contributed by atoms with Crippen LogP contribution in [0.1, 0.15) is 111 Å². The number of halogens is 2. The second-order valence-corrected chi connectivity index (χ2v) is 18.9. The van der Waals surface area contributed by atoms with Crippen molar-refractivity contribution in [3.05, 3.63) is 125 Å². The first-order chi connectivity index (χ1) is 23.4. The predicted octanol–water partition coefficient (Wildman–Crippen LogP) is 8.37. The first kappa shape index (κ1) is 45.7. The summed E-state index contributed by atoms with van der Waals surface area (Å²) in [4.78, 5) is 0. The molecule has 5 aromatic carbocycles. The van der Waals surface area contributed by atoms with Gasteiger partial charge in [0.25, 0.3) is 0 Å². The van der Waals surface area contributed by atoms with Gasteiger partial charge in [-0.2, -0.15) is 6.08 Å². The van der Waals surface area contributed by atoms with Gasteiger partial charge in [0.05, 0.1) is 0 Å². The fraction of sp³-hybridized carbons (Fsp3) is 0.388. The van der Waals surface area contributed by atoms with Crippen LogP contribution >= 0.6 is 0 Å². The molecule has 0 amide bonds. The van der Waals surface area contributed by atoms with Crippen molar-refractivity contribution >= 4 is 24.8 Å². The van der Waals surface area contributed by atoms with Gasteiger partial charge in [-0.05, 0) is 58.1 Å². The van der Waals surface area contributed by atoms with Gasteiger partial charge >= 0.3 is 79.8 Å². The number of hydrogen-bond donors (Lipinski definition) is 0. The maximum atomic E-state index is 2.99. The van der Waals surface area contributed by atoms with Crippen molar-refractivity contribution in [2.24, 2.45) is 11.8 Å². The average molecular weight is 811 g/mol. The quantitative estimate of drug-likeness (QED) is 0.151. The van der Waals surface area contributed by atoms with Crippen LogP contribution < -0.4 is 24.8 Å². The van der Waals surface area contributed by atoms with Crippen molar-refractivity contribution in [3.8, 4) is 22.3 Å². The Morgan fingerprint density at radius 2 is 1.04 bits per heavy atom. The third-order valence-corrected chi connectivity index (χ3v) is 10.2. The molecule has 1 aliphatic rings. The molecule has 0 fully saturated rings. The van der Waals surface area contributed by atoms with E-state index in [4.69, 9.17) is 0 Å². The zero-order valence-electron chi connectivity index (χ0n) is 33.8. The summed E-state index contributed by atoms with van der Waals surface area (Å²) in [6.07, 6.45) is 12.7. The van der Waals surface area contributed by atoms with Crippen molar-refractivity contribution in [3.63, 3.8) is 0 Å².